The summed E-state index contributed by atoms with van der Waals surface area (Å²) < 4.78 is 4.94. The molecule has 1 amide bonds. The molecule has 0 saturated heterocycles. The van der Waals surface area contributed by atoms with Gasteiger partial charge in [0, 0.05) is 0 Å². The van der Waals surface area contributed by atoms with Gasteiger partial charge >= 0.3 is 5.97 Å². The molecule has 0 unspecified atom stereocenters. The van der Waals surface area contributed by atoms with Gasteiger partial charge in [0.05, 0.1) is 6.04 Å². The fourth-order valence-corrected chi connectivity index (χ4v) is 2.32. The van der Waals surface area contributed by atoms with E-state index >= 15 is 0 Å². The minimum absolute atomic E-state index is 0.121. The lowest BCUT2D eigenvalue weighted by molar-refractivity contribution is -0.124. The number of thiophene rings is 1. The number of benzene rings is 1. The summed E-state index contributed by atoms with van der Waals surface area (Å²) in [6, 6.07) is 12.9. The Morgan fingerprint density at radius 2 is 1.95 bits per heavy atom. The number of hydrogen-bond acceptors (Lipinski definition) is 4. The number of amides is 1. The SMILES string of the molecule is C[C@@H](NC(=O)COC(=O)c1cccs1)c1ccccc1. The second-order valence-corrected chi connectivity index (χ2v) is 5.20. The van der Waals surface area contributed by atoms with E-state index in [-0.39, 0.29) is 18.6 Å². The molecule has 1 aromatic heterocycles. The maximum Gasteiger partial charge on any atom is 0.348 e. The number of hydrogen-bond donors (Lipinski definition) is 1. The van der Waals surface area contributed by atoms with E-state index in [0.29, 0.717) is 4.88 Å². The Morgan fingerprint density at radius 3 is 2.60 bits per heavy atom. The first-order valence-electron chi connectivity index (χ1n) is 6.22. The highest BCUT2D eigenvalue weighted by Gasteiger charge is 2.13. The molecule has 1 aromatic carbocycles. The van der Waals surface area contributed by atoms with Crippen LogP contribution in [-0.4, -0.2) is 18.5 Å². The molecule has 0 spiro atoms. The Labute approximate surface area is 121 Å². The highest BCUT2D eigenvalue weighted by molar-refractivity contribution is 7.11. The Balaban J connectivity index is 1.80. The van der Waals surface area contributed by atoms with Crippen LogP contribution in [0.1, 0.15) is 28.2 Å². The molecular weight excluding hydrogens is 274 g/mol. The molecule has 0 radical (unpaired) electrons. The maximum absolute atomic E-state index is 11.7. The van der Waals surface area contributed by atoms with Crippen molar-refractivity contribution < 1.29 is 14.3 Å². The first-order chi connectivity index (χ1) is 9.66. The molecule has 1 N–H and O–H groups in total. The normalized spacial score (nSPS) is 11.7. The molecule has 1 heterocycles. The average Bonchev–Trinajstić information content (AvgIpc) is 3.00. The van der Waals surface area contributed by atoms with Crippen LogP contribution in [-0.2, 0) is 9.53 Å². The smallest absolute Gasteiger partial charge is 0.348 e. The van der Waals surface area contributed by atoms with Gasteiger partial charge < -0.3 is 10.1 Å². The predicted molar refractivity (Wildman–Crippen MR) is 77.6 cm³/mol. The fourth-order valence-electron chi connectivity index (χ4n) is 1.71. The molecule has 0 aliphatic rings. The van der Waals surface area contributed by atoms with E-state index in [0.717, 1.165) is 5.56 Å². The average molecular weight is 289 g/mol. The van der Waals surface area contributed by atoms with Crippen molar-refractivity contribution in [3.8, 4) is 0 Å². The third-order valence-electron chi connectivity index (χ3n) is 2.73. The van der Waals surface area contributed by atoms with Gasteiger partial charge in [-0.1, -0.05) is 36.4 Å². The van der Waals surface area contributed by atoms with Crippen molar-refractivity contribution in [2.45, 2.75) is 13.0 Å². The largest absolute Gasteiger partial charge is 0.451 e. The molecule has 0 bridgehead atoms. The first kappa shape index (κ1) is 14.3. The second-order valence-electron chi connectivity index (χ2n) is 4.25. The summed E-state index contributed by atoms with van der Waals surface area (Å²) in [7, 11) is 0. The topological polar surface area (TPSA) is 55.4 Å². The molecule has 2 rings (SSSR count). The zero-order valence-corrected chi connectivity index (χ0v) is 11.9. The van der Waals surface area contributed by atoms with E-state index in [9.17, 15) is 9.59 Å². The van der Waals surface area contributed by atoms with Gasteiger partial charge in [-0.3, -0.25) is 4.79 Å². The van der Waals surface area contributed by atoms with Crippen molar-refractivity contribution >= 4 is 23.2 Å². The number of nitrogens with one attached hydrogen (secondary N) is 1. The molecule has 1 atom stereocenters. The summed E-state index contributed by atoms with van der Waals surface area (Å²) in [6.07, 6.45) is 0. The number of ether oxygens (including phenoxy) is 1. The standard InChI is InChI=1S/C15H15NO3S/c1-11(12-6-3-2-4-7-12)16-14(17)10-19-15(18)13-8-5-9-20-13/h2-9,11H,10H2,1H3,(H,16,17)/t11-/m1/s1. The Hall–Kier alpha value is -2.14. The number of carbonyl (C=O) groups excluding carboxylic acids is 2. The monoisotopic (exact) mass is 289 g/mol. The van der Waals surface area contributed by atoms with Crippen molar-refractivity contribution in [2.24, 2.45) is 0 Å². The molecule has 2 aromatic rings. The van der Waals surface area contributed by atoms with Crippen molar-refractivity contribution in [1.82, 2.24) is 5.32 Å². The molecular formula is C15H15NO3S. The fraction of sp³-hybridized carbons (Fsp3) is 0.200. The summed E-state index contributed by atoms with van der Waals surface area (Å²) in [5, 5.41) is 4.57. The molecule has 0 aliphatic heterocycles. The van der Waals surface area contributed by atoms with Crippen LogP contribution in [0.5, 0.6) is 0 Å². The van der Waals surface area contributed by atoms with Gasteiger partial charge in [0.15, 0.2) is 6.61 Å². The lowest BCUT2D eigenvalue weighted by Crippen LogP contribution is -2.31. The van der Waals surface area contributed by atoms with Crippen molar-refractivity contribution in [3.63, 3.8) is 0 Å². The highest BCUT2D eigenvalue weighted by atomic mass is 32.1. The van der Waals surface area contributed by atoms with Gasteiger partial charge in [-0.25, -0.2) is 4.79 Å². The molecule has 0 saturated carbocycles. The van der Waals surface area contributed by atoms with E-state index < -0.39 is 5.97 Å². The lowest BCUT2D eigenvalue weighted by atomic mass is 10.1. The van der Waals surface area contributed by atoms with Gasteiger partial charge in [-0.2, -0.15) is 0 Å². The van der Waals surface area contributed by atoms with Crippen molar-refractivity contribution in [3.05, 3.63) is 58.3 Å². The molecule has 0 fully saturated rings. The van der Waals surface area contributed by atoms with E-state index in [1.807, 2.05) is 37.3 Å². The maximum atomic E-state index is 11.7. The van der Waals surface area contributed by atoms with Gasteiger partial charge in [-0.05, 0) is 23.9 Å². The van der Waals surface area contributed by atoms with Crippen molar-refractivity contribution in [1.29, 1.82) is 0 Å². The van der Waals surface area contributed by atoms with E-state index in [1.54, 1.807) is 17.5 Å². The van der Waals surface area contributed by atoms with Gasteiger partial charge in [0.2, 0.25) is 0 Å². The summed E-state index contributed by atoms with van der Waals surface area (Å²) in [5.74, 6) is -0.784. The first-order valence-corrected chi connectivity index (χ1v) is 7.09. The molecule has 20 heavy (non-hydrogen) atoms. The van der Waals surface area contributed by atoms with Crippen LogP contribution in [0.3, 0.4) is 0 Å². The van der Waals surface area contributed by atoms with Crippen LogP contribution < -0.4 is 5.32 Å². The van der Waals surface area contributed by atoms with Crippen molar-refractivity contribution in [2.75, 3.05) is 6.61 Å². The summed E-state index contributed by atoms with van der Waals surface area (Å²) in [5.41, 5.74) is 1.01. The Bertz CT molecular complexity index is 566. The van der Waals surface area contributed by atoms with E-state index in [2.05, 4.69) is 5.32 Å². The minimum atomic E-state index is -0.470. The van der Waals surface area contributed by atoms with E-state index in [4.69, 9.17) is 4.74 Å². The summed E-state index contributed by atoms with van der Waals surface area (Å²) in [6.45, 7) is 1.61. The number of esters is 1. The number of rotatable bonds is 5. The van der Waals surface area contributed by atoms with Gasteiger partial charge in [0.25, 0.3) is 5.91 Å². The van der Waals surface area contributed by atoms with Gasteiger partial charge in [0.1, 0.15) is 4.88 Å². The summed E-state index contributed by atoms with van der Waals surface area (Å²) in [4.78, 5) is 23.8. The third kappa shape index (κ3) is 3.93. The minimum Gasteiger partial charge on any atom is -0.451 e. The van der Waals surface area contributed by atoms with Gasteiger partial charge in [-0.15, -0.1) is 11.3 Å². The van der Waals surface area contributed by atoms with Crippen LogP contribution in [0.4, 0.5) is 0 Å². The second kappa shape index (κ2) is 6.86. The number of carbonyl (C=O) groups is 2. The zero-order chi connectivity index (χ0) is 14.4. The van der Waals surface area contributed by atoms with E-state index in [1.165, 1.54) is 11.3 Å². The zero-order valence-electron chi connectivity index (χ0n) is 11.0. The molecule has 5 heteroatoms. The lowest BCUT2D eigenvalue weighted by Gasteiger charge is -2.14. The third-order valence-corrected chi connectivity index (χ3v) is 3.58. The van der Waals surface area contributed by atoms with Crippen LogP contribution in [0, 0.1) is 0 Å². The van der Waals surface area contributed by atoms with Crippen LogP contribution in [0.2, 0.25) is 0 Å². The Morgan fingerprint density at radius 1 is 1.20 bits per heavy atom. The highest BCUT2D eigenvalue weighted by Crippen LogP contribution is 2.11. The van der Waals surface area contributed by atoms with Crippen LogP contribution in [0.15, 0.2) is 47.8 Å². The van der Waals surface area contributed by atoms with Crippen LogP contribution in [0.25, 0.3) is 0 Å². The molecule has 104 valence electrons. The predicted octanol–water partition coefficient (Wildman–Crippen LogP) is 2.78. The molecule has 4 nitrogen and oxygen atoms in total. The quantitative estimate of drug-likeness (QED) is 0.861. The Kier molecular flexibility index (Phi) is 4.90. The van der Waals surface area contributed by atoms with Crippen LogP contribution >= 0.6 is 11.3 Å². The summed E-state index contributed by atoms with van der Waals surface area (Å²) >= 11 is 1.29. The molecule has 0 aliphatic carbocycles.